The molecule has 0 saturated heterocycles. The van der Waals surface area contributed by atoms with Crippen molar-refractivity contribution in [2.45, 2.75) is 24.8 Å². The van der Waals surface area contributed by atoms with E-state index in [1.807, 2.05) is 0 Å². The van der Waals surface area contributed by atoms with Gasteiger partial charge in [-0.1, -0.05) is 12.2 Å². The van der Waals surface area contributed by atoms with Gasteiger partial charge in [0.25, 0.3) is 0 Å². The summed E-state index contributed by atoms with van der Waals surface area (Å²) >= 11 is 4.67. The molecule has 0 spiro atoms. The molecule has 1 aromatic carbocycles. The largest absolute Gasteiger partial charge is 0.389 e. The minimum atomic E-state index is -4.02. The van der Waals surface area contributed by atoms with Crippen LogP contribution in [0.5, 0.6) is 0 Å². The van der Waals surface area contributed by atoms with E-state index in [0.29, 0.717) is 0 Å². The topological polar surface area (TPSA) is 106 Å². The Kier molecular flexibility index (Phi) is 5.37. The molecule has 6 nitrogen and oxygen atoms in total. The maximum absolute atomic E-state index is 13.5. The van der Waals surface area contributed by atoms with E-state index in [1.54, 1.807) is 13.8 Å². The highest BCUT2D eigenvalue weighted by atomic mass is 32.2. The Labute approximate surface area is 128 Å². The lowest BCUT2D eigenvalue weighted by Gasteiger charge is -2.24. The SMILES string of the molecule is CC(C)N(CC(N)=O)S(=O)(=O)c1ccc(F)c(C(N)=S)c1. The minimum Gasteiger partial charge on any atom is -0.389 e. The van der Waals surface area contributed by atoms with Gasteiger partial charge < -0.3 is 11.5 Å². The van der Waals surface area contributed by atoms with Gasteiger partial charge in [-0.15, -0.1) is 0 Å². The number of sulfonamides is 1. The maximum atomic E-state index is 13.5. The predicted octanol–water partition coefficient (Wildman–Crippen LogP) is 0.344. The first-order valence-corrected chi connectivity index (χ1v) is 7.81. The van der Waals surface area contributed by atoms with Crippen molar-refractivity contribution in [2.24, 2.45) is 11.5 Å². The van der Waals surface area contributed by atoms with Gasteiger partial charge in [0.1, 0.15) is 10.8 Å². The van der Waals surface area contributed by atoms with E-state index in [2.05, 4.69) is 12.2 Å². The monoisotopic (exact) mass is 333 g/mol. The highest BCUT2D eigenvalue weighted by molar-refractivity contribution is 7.89. The van der Waals surface area contributed by atoms with Gasteiger partial charge in [-0.2, -0.15) is 4.31 Å². The van der Waals surface area contributed by atoms with E-state index in [9.17, 15) is 17.6 Å². The normalized spacial score (nSPS) is 11.9. The average Bonchev–Trinajstić information content (AvgIpc) is 2.35. The first-order chi connectivity index (χ1) is 9.57. The third kappa shape index (κ3) is 3.96. The molecule has 0 unspecified atom stereocenters. The number of halogens is 1. The van der Waals surface area contributed by atoms with Gasteiger partial charge in [-0.05, 0) is 32.0 Å². The summed E-state index contributed by atoms with van der Waals surface area (Å²) in [6, 6.07) is 2.59. The van der Waals surface area contributed by atoms with Crippen LogP contribution in [-0.2, 0) is 14.8 Å². The molecule has 0 saturated carbocycles. The summed E-state index contributed by atoms with van der Waals surface area (Å²) in [5, 5.41) is 0. The summed E-state index contributed by atoms with van der Waals surface area (Å²) in [4.78, 5) is 10.6. The average molecular weight is 333 g/mol. The molecule has 21 heavy (non-hydrogen) atoms. The van der Waals surface area contributed by atoms with Gasteiger partial charge in [0.05, 0.1) is 11.4 Å². The van der Waals surface area contributed by atoms with Crippen molar-refractivity contribution < 1.29 is 17.6 Å². The van der Waals surface area contributed by atoms with E-state index < -0.39 is 34.3 Å². The number of hydrogen-bond donors (Lipinski definition) is 2. The molecule has 0 aliphatic rings. The van der Waals surface area contributed by atoms with Crippen molar-refractivity contribution >= 4 is 33.1 Å². The molecule has 0 aliphatic heterocycles. The first-order valence-electron chi connectivity index (χ1n) is 5.97. The second-order valence-corrected chi connectivity index (χ2v) is 6.95. The molecule has 1 rings (SSSR count). The number of primary amides is 1. The van der Waals surface area contributed by atoms with Crippen LogP contribution in [0.4, 0.5) is 4.39 Å². The van der Waals surface area contributed by atoms with E-state index in [4.69, 9.17) is 11.5 Å². The Morgan fingerprint density at radius 2 is 1.95 bits per heavy atom. The van der Waals surface area contributed by atoms with Gasteiger partial charge in [-0.25, -0.2) is 12.8 Å². The van der Waals surface area contributed by atoms with E-state index in [1.165, 1.54) is 0 Å². The van der Waals surface area contributed by atoms with Crippen molar-refractivity contribution in [1.82, 2.24) is 4.31 Å². The van der Waals surface area contributed by atoms with Crippen LogP contribution in [-0.4, -0.2) is 36.2 Å². The smallest absolute Gasteiger partial charge is 0.243 e. The molecule has 1 amide bonds. The molecular formula is C12H16FN3O3S2. The number of carbonyl (C=O) groups is 1. The third-order valence-corrected chi connectivity index (χ3v) is 4.94. The standard InChI is InChI=1S/C12H16FN3O3S2/c1-7(2)16(6-11(14)17)21(18,19)8-3-4-10(13)9(5-8)12(15)20/h3-5,7H,6H2,1-2H3,(H2,14,17)(H2,15,20). The van der Waals surface area contributed by atoms with Crippen LogP contribution in [0.25, 0.3) is 0 Å². The summed E-state index contributed by atoms with van der Waals surface area (Å²) in [7, 11) is -4.02. The fourth-order valence-electron chi connectivity index (χ4n) is 1.69. The number of amides is 1. The van der Waals surface area contributed by atoms with Crippen molar-refractivity contribution in [3.63, 3.8) is 0 Å². The number of hydrogen-bond acceptors (Lipinski definition) is 4. The van der Waals surface area contributed by atoms with Crippen molar-refractivity contribution in [1.29, 1.82) is 0 Å². The van der Waals surface area contributed by atoms with E-state index >= 15 is 0 Å². The fourth-order valence-corrected chi connectivity index (χ4v) is 3.47. The molecule has 1 aromatic rings. The first kappa shape index (κ1) is 17.5. The number of benzene rings is 1. The van der Waals surface area contributed by atoms with Crippen LogP contribution in [0.15, 0.2) is 23.1 Å². The summed E-state index contributed by atoms with van der Waals surface area (Å²) in [6.07, 6.45) is 0. The number of nitrogens with zero attached hydrogens (tertiary/aromatic N) is 1. The van der Waals surface area contributed by atoms with Gasteiger partial charge in [0.15, 0.2) is 0 Å². The lowest BCUT2D eigenvalue weighted by molar-refractivity contribution is -0.118. The Bertz CT molecular complexity index is 674. The fraction of sp³-hybridized carbons (Fsp3) is 0.333. The summed E-state index contributed by atoms with van der Waals surface area (Å²) in [5.41, 5.74) is 10.2. The molecule has 0 bridgehead atoms. The van der Waals surface area contributed by atoms with Crippen molar-refractivity contribution in [3.05, 3.63) is 29.6 Å². The van der Waals surface area contributed by atoms with Gasteiger partial charge >= 0.3 is 0 Å². The van der Waals surface area contributed by atoms with Crippen LogP contribution in [0.2, 0.25) is 0 Å². The zero-order valence-corrected chi connectivity index (χ0v) is 13.2. The summed E-state index contributed by atoms with van der Waals surface area (Å²) in [6.45, 7) is 2.72. The molecule has 0 aromatic heterocycles. The molecular weight excluding hydrogens is 317 g/mol. The summed E-state index contributed by atoms with van der Waals surface area (Å²) < 4.78 is 39.5. The van der Waals surface area contributed by atoms with Gasteiger partial charge in [0.2, 0.25) is 15.9 Å². The molecule has 0 heterocycles. The number of thiocarbonyl (C=S) groups is 1. The van der Waals surface area contributed by atoms with Gasteiger partial charge in [-0.3, -0.25) is 4.79 Å². The van der Waals surface area contributed by atoms with Crippen LogP contribution in [0, 0.1) is 5.82 Å². The second kappa shape index (κ2) is 6.46. The quantitative estimate of drug-likeness (QED) is 0.730. The van der Waals surface area contributed by atoms with Crippen LogP contribution in [0.1, 0.15) is 19.4 Å². The summed E-state index contributed by atoms with van der Waals surface area (Å²) in [5.74, 6) is -1.50. The molecule has 116 valence electrons. The maximum Gasteiger partial charge on any atom is 0.243 e. The Morgan fingerprint density at radius 3 is 2.38 bits per heavy atom. The molecule has 0 radical (unpaired) electrons. The molecule has 0 aliphatic carbocycles. The lowest BCUT2D eigenvalue weighted by atomic mass is 10.2. The Hall–Kier alpha value is -1.58. The highest BCUT2D eigenvalue weighted by Crippen LogP contribution is 2.21. The Balaban J connectivity index is 3.38. The zero-order chi connectivity index (χ0) is 16.4. The lowest BCUT2D eigenvalue weighted by Crippen LogP contribution is -2.42. The van der Waals surface area contributed by atoms with E-state index in [0.717, 1.165) is 22.5 Å². The predicted molar refractivity (Wildman–Crippen MR) is 80.5 cm³/mol. The minimum absolute atomic E-state index is 0.172. The molecule has 0 atom stereocenters. The number of rotatable bonds is 6. The van der Waals surface area contributed by atoms with E-state index in [-0.39, 0.29) is 15.4 Å². The van der Waals surface area contributed by atoms with Crippen LogP contribution < -0.4 is 11.5 Å². The number of nitrogens with two attached hydrogens (primary N) is 2. The van der Waals surface area contributed by atoms with Crippen molar-refractivity contribution in [2.75, 3.05) is 6.54 Å². The molecule has 4 N–H and O–H groups in total. The van der Waals surface area contributed by atoms with Gasteiger partial charge in [0, 0.05) is 11.6 Å². The second-order valence-electron chi connectivity index (χ2n) is 4.62. The molecule has 0 fully saturated rings. The van der Waals surface area contributed by atoms with Crippen LogP contribution in [0.3, 0.4) is 0 Å². The van der Waals surface area contributed by atoms with Crippen LogP contribution >= 0.6 is 12.2 Å². The molecule has 9 heteroatoms. The Morgan fingerprint density at radius 1 is 1.38 bits per heavy atom. The number of carbonyl (C=O) groups excluding carboxylic acids is 1. The zero-order valence-electron chi connectivity index (χ0n) is 11.5. The third-order valence-electron chi connectivity index (χ3n) is 2.70. The highest BCUT2D eigenvalue weighted by Gasteiger charge is 2.29. The van der Waals surface area contributed by atoms with Crippen molar-refractivity contribution in [3.8, 4) is 0 Å².